The lowest BCUT2D eigenvalue weighted by molar-refractivity contribution is -0.154. The van der Waals surface area contributed by atoms with Crippen LogP contribution in [0.25, 0.3) is 0 Å². The first-order valence-corrected chi connectivity index (χ1v) is 9.73. The van der Waals surface area contributed by atoms with Gasteiger partial charge in [-0.2, -0.15) is 0 Å². The first-order valence-electron chi connectivity index (χ1n) is 9.73. The third kappa shape index (κ3) is 9.53. The third-order valence-electron chi connectivity index (χ3n) is 5.34. The highest BCUT2D eigenvalue weighted by atomic mass is 16.4. The first-order chi connectivity index (χ1) is 11.9. The Bertz CT molecular complexity index is 390. The minimum absolute atomic E-state index is 0.598. The number of unbranched alkanes of at least 4 members (excludes halogenated alkanes) is 7. The second-order valence-corrected chi connectivity index (χ2v) is 8.79. The molecule has 0 fully saturated rings. The fraction of sp³-hybridized carbons (Fsp3) is 0.900. The van der Waals surface area contributed by atoms with Gasteiger partial charge < -0.3 is 20.4 Å². The van der Waals surface area contributed by atoms with E-state index in [4.69, 9.17) is 10.2 Å². The summed E-state index contributed by atoms with van der Waals surface area (Å²) in [7, 11) is 0. The monoisotopic (exact) mass is 374 g/mol. The van der Waals surface area contributed by atoms with Gasteiger partial charge in [-0.05, 0) is 12.8 Å². The van der Waals surface area contributed by atoms with Gasteiger partial charge in [-0.3, -0.25) is 0 Å². The van der Waals surface area contributed by atoms with E-state index >= 15 is 0 Å². The summed E-state index contributed by atoms with van der Waals surface area (Å²) in [6, 6.07) is 0. The number of carboxylic acids is 2. The highest BCUT2D eigenvalue weighted by Gasteiger charge is 2.33. The molecule has 0 aliphatic carbocycles. The summed E-state index contributed by atoms with van der Waals surface area (Å²) in [5.74, 6) is -2.32. The molecule has 2 unspecified atom stereocenters. The van der Waals surface area contributed by atoms with Gasteiger partial charge in [-0.1, -0.05) is 79.1 Å². The van der Waals surface area contributed by atoms with Crippen LogP contribution in [0.4, 0.5) is 0 Å². The quantitative estimate of drug-likeness (QED) is 0.324. The molecular weight excluding hydrogens is 336 g/mol. The van der Waals surface area contributed by atoms with Gasteiger partial charge in [-0.25, -0.2) is 9.59 Å². The van der Waals surface area contributed by atoms with Crippen molar-refractivity contribution >= 4 is 11.9 Å². The molecule has 0 aromatic carbocycles. The van der Waals surface area contributed by atoms with Crippen molar-refractivity contribution in [1.29, 1.82) is 0 Å². The third-order valence-corrected chi connectivity index (χ3v) is 5.34. The maximum absolute atomic E-state index is 10.8. The van der Waals surface area contributed by atoms with Crippen molar-refractivity contribution in [2.45, 2.75) is 104 Å². The van der Waals surface area contributed by atoms with Crippen LogP contribution in [0, 0.1) is 10.8 Å². The number of rotatable bonds is 15. The molecule has 0 spiro atoms. The van der Waals surface area contributed by atoms with Crippen molar-refractivity contribution in [3.63, 3.8) is 0 Å². The fourth-order valence-corrected chi connectivity index (χ4v) is 3.16. The minimum atomic E-state index is -1.31. The lowest BCUT2D eigenvalue weighted by Gasteiger charge is -2.27. The number of aliphatic carboxylic acids is 2. The standard InChI is InChI=1S/C20H38O6/c1-19(2,15(21)17(23)24)13-11-9-7-5-6-8-10-12-14-20(3,4)16(22)18(25)26/h15-16,21-22H,5-14H2,1-4H3,(H,23,24)(H,25,26). The predicted octanol–water partition coefficient (Wildman–Crippen LogP) is 3.83. The average molecular weight is 375 g/mol. The van der Waals surface area contributed by atoms with Crippen LogP contribution < -0.4 is 0 Å². The Morgan fingerprint density at radius 1 is 0.615 bits per heavy atom. The van der Waals surface area contributed by atoms with E-state index in [-0.39, 0.29) is 0 Å². The Hall–Kier alpha value is -1.14. The molecular formula is C20H38O6. The van der Waals surface area contributed by atoms with Gasteiger partial charge in [0, 0.05) is 10.8 Å². The SMILES string of the molecule is CC(C)(CCCCCCCCCCC(C)(C)C(O)C(=O)O)C(O)C(=O)O. The van der Waals surface area contributed by atoms with Gasteiger partial charge in [-0.15, -0.1) is 0 Å². The smallest absolute Gasteiger partial charge is 0.333 e. The highest BCUT2D eigenvalue weighted by molar-refractivity contribution is 5.73. The van der Waals surface area contributed by atoms with Crippen LogP contribution >= 0.6 is 0 Å². The van der Waals surface area contributed by atoms with E-state index in [1.807, 2.05) is 0 Å². The molecule has 0 aromatic rings. The van der Waals surface area contributed by atoms with E-state index in [1.165, 1.54) is 0 Å². The molecule has 0 aromatic heterocycles. The zero-order valence-electron chi connectivity index (χ0n) is 16.8. The molecule has 2 atom stereocenters. The van der Waals surface area contributed by atoms with E-state index in [0.717, 1.165) is 51.4 Å². The average Bonchev–Trinajstić information content (AvgIpc) is 2.54. The summed E-state index contributed by atoms with van der Waals surface area (Å²) in [6.07, 6.45) is 7.12. The van der Waals surface area contributed by atoms with Crippen molar-refractivity contribution in [3.05, 3.63) is 0 Å². The van der Waals surface area contributed by atoms with Gasteiger partial charge in [0.2, 0.25) is 0 Å². The largest absolute Gasteiger partial charge is 0.479 e. The minimum Gasteiger partial charge on any atom is -0.479 e. The number of carbonyl (C=O) groups is 2. The van der Waals surface area contributed by atoms with E-state index < -0.39 is 35.0 Å². The molecule has 0 bridgehead atoms. The van der Waals surface area contributed by atoms with Crippen LogP contribution in [0.15, 0.2) is 0 Å². The molecule has 0 saturated heterocycles. The molecule has 4 N–H and O–H groups in total. The van der Waals surface area contributed by atoms with Crippen LogP contribution in [0.5, 0.6) is 0 Å². The van der Waals surface area contributed by atoms with Crippen LogP contribution in [-0.4, -0.2) is 44.6 Å². The van der Waals surface area contributed by atoms with E-state index in [9.17, 15) is 19.8 Å². The molecule has 6 nitrogen and oxygen atoms in total. The Kier molecular flexibility index (Phi) is 11.0. The van der Waals surface area contributed by atoms with Crippen LogP contribution in [0.1, 0.15) is 91.9 Å². The van der Waals surface area contributed by atoms with Crippen molar-refractivity contribution < 1.29 is 30.0 Å². The number of carboxylic acid groups (broad SMARTS) is 2. The number of aliphatic hydroxyl groups is 2. The Morgan fingerprint density at radius 2 is 0.846 bits per heavy atom. The summed E-state index contributed by atoms with van der Waals surface area (Å²) in [4.78, 5) is 21.7. The molecule has 154 valence electrons. The van der Waals surface area contributed by atoms with Crippen LogP contribution in [0.2, 0.25) is 0 Å². The summed E-state index contributed by atoms with van der Waals surface area (Å²) in [6.45, 7) is 7.15. The van der Waals surface area contributed by atoms with Crippen molar-refractivity contribution in [3.8, 4) is 0 Å². The Labute approximate surface area is 157 Å². The molecule has 0 amide bonds. The topological polar surface area (TPSA) is 115 Å². The van der Waals surface area contributed by atoms with E-state index in [1.54, 1.807) is 27.7 Å². The van der Waals surface area contributed by atoms with Crippen molar-refractivity contribution in [1.82, 2.24) is 0 Å². The highest BCUT2D eigenvalue weighted by Crippen LogP contribution is 2.29. The number of hydrogen-bond donors (Lipinski definition) is 4. The maximum atomic E-state index is 10.8. The molecule has 6 heteroatoms. The zero-order chi connectivity index (χ0) is 20.4. The second-order valence-electron chi connectivity index (χ2n) is 8.79. The first kappa shape index (κ1) is 24.9. The molecule has 26 heavy (non-hydrogen) atoms. The van der Waals surface area contributed by atoms with Gasteiger partial charge in [0.05, 0.1) is 0 Å². The second kappa shape index (κ2) is 11.5. The maximum Gasteiger partial charge on any atom is 0.333 e. The Balaban J connectivity index is 3.69. The van der Waals surface area contributed by atoms with Gasteiger partial charge in [0.1, 0.15) is 0 Å². The van der Waals surface area contributed by atoms with Crippen LogP contribution in [0.3, 0.4) is 0 Å². The van der Waals surface area contributed by atoms with Crippen LogP contribution in [-0.2, 0) is 9.59 Å². The summed E-state index contributed by atoms with van der Waals surface area (Å²) >= 11 is 0. The predicted molar refractivity (Wildman–Crippen MR) is 101 cm³/mol. The van der Waals surface area contributed by atoms with Gasteiger partial charge in [0.25, 0.3) is 0 Å². The molecule has 0 heterocycles. The molecule has 0 aliphatic heterocycles. The van der Waals surface area contributed by atoms with Gasteiger partial charge in [0.15, 0.2) is 12.2 Å². The summed E-state index contributed by atoms with van der Waals surface area (Å²) in [5.41, 5.74) is -1.20. The Morgan fingerprint density at radius 3 is 1.08 bits per heavy atom. The lowest BCUT2D eigenvalue weighted by atomic mass is 9.81. The normalized spacial score (nSPS) is 14.8. The molecule has 0 rings (SSSR count). The number of hydrogen-bond acceptors (Lipinski definition) is 4. The molecule has 0 radical (unpaired) electrons. The fourth-order valence-electron chi connectivity index (χ4n) is 3.16. The van der Waals surface area contributed by atoms with Crippen molar-refractivity contribution in [2.75, 3.05) is 0 Å². The molecule has 0 saturated carbocycles. The van der Waals surface area contributed by atoms with E-state index in [2.05, 4.69) is 0 Å². The summed E-state index contributed by atoms with van der Waals surface area (Å²) in [5, 5.41) is 37.1. The summed E-state index contributed by atoms with van der Waals surface area (Å²) < 4.78 is 0. The lowest BCUT2D eigenvalue weighted by Crippen LogP contribution is -2.36. The zero-order valence-corrected chi connectivity index (χ0v) is 16.8. The van der Waals surface area contributed by atoms with E-state index in [0.29, 0.717) is 12.8 Å². The van der Waals surface area contributed by atoms with Crippen molar-refractivity contribution in [2.24, 2.45) is 10.8 Å². The molecule has 0 aliphatic rings. The number of aliphatic hydroxyl groups excluding tert-OH is 2. The van der Waals surface area contributed by atoms with Gasteiger partial charge >= 0.3 is 11.9 Å².